The van der Waals surface area contributed by atoms with Crippen LogP contribution in [0.5, 0.6) is 5.75 Å². The lowest BCUT2D eigenvalue weighted by Gasteiger charge is -2.41. The summed E-state index contributed by atoms with van der Waals surface area (Å²) in [5, 5.41) is 3.61. The highest BCUT2D eigenvalue weighted by molar-refractivity contribution is 5.56. The maximum absolute atomic E-state index is 6.39. The highest BCUT2D eigenvalue weighted by Gasteiger charge is 2.54. The van der Waals surface area contributed by atoms with Gasteiger partial charge in [0.15, 0.2) is 0 Å². The summed E-state index contributed by atoms with van der Waals surface area (Å²) in [5.41, 5.74) is 4.65. The van der Waals surface area contributed by atoms with Crippen molar-refractivity contribution in [2.45, 2.75) is 44.6 Å². The van der Waals surface area contributed by atoms with Crippen LogP contribution >= 0.6 is 0 Å². The Morgan fingerprint density at radius 2 is 2.25 bits per heavy atom. The third-order valence-corrected chi connectivity index (χ3v) is 5.49. The Balaban J connectivity index is 1.97. The van der Waals surface area contributed by atoms with E-state index in [-0.39, 0.29) is 5.41 Å². The molecule has 1 aromatic carbocycles. The number of hydrogen-bond acceptors (Lipinski definition) is 2. The van der Waals surface area contributed by atoms with Crippen molar-refractivity contribution in [3.8, 4) is 5.75 Å². The minimum absolute atomic E-state index is 0.141. The first kappa shape index (κ1) is 12.5. The SMILES string of the molecule is Cc1cccc2c1C13CCNCC(C)C1=CCCC3O2. The van der Waals surface area contributed by atoms with Crippen LogP contribution in [0.25, 0.3) is 0 Å². The second-order valence-corrected chi connectivity index (χ2v) is 6.62. The maximum atomic E-state index is 6.39. The highest BCUT2D eigenvalue weighted by atomic mass is 16.5. The highest BCUT2D eigenvalue weighted by Crippen LogP contribution is 2.56. The molecule has 3 unspecified atom stereocenters. The molecule has 106 valence electrons. The smallest absolute Gasteiger partial charge is 0.124 e. The standard InChI is InChI=1S/C18H23NO/c1-12-5-3-7-15-17(12)18-9-10-19-11-13(2)14(18)6-4-8-16(18)20-15/h3,5-7,13,16,19H,4,8-11H2,1-2H3. The largest absolute Gasteiger partial charge is 0.489 e. The van der Waals surface area contributed by atoms with Crippen molar-refractivity contribution in [1.82, 2.24) is 5.32 Å². The Bertz CT molecular complexity index is 577. The van der Waals surface area contributed by atoms with E-state index in [2.05, 4.69) is 43.4 Å². The summed E-state index contributed by atoms with van der Waals surface area (Å²) in [6, 6.07) is 6.54. The molecule has 3 atom stereocenters. The third kappa shape index (κ3) is 1.49. The fourth-order valence-electron chi connectivity index (χ4n) is 4.72. The molecular formula is C18H23NO. The minimum Gasteiger partial charge on any atom is -0.489 e. The summed E-state index contributed by atoms with van der Waals surface area (Å²) in [7, 11) is 0. The lowest BCUT2D eigenvalue weighted by Crippen LogP contribution is -2.44. The number of benzene rings is 1. The molecule has 1 spiro atoms. The van der Waals surface area contributed by atoms with Crippen LogP contribution in [-0.2, 0) is 5.41 Å². The minimum atomic E-state index is 0.141. The lowest BCUT2D eigenvalue weighted by molar-refractivity contribution is 0.140. The normalized spacial score (nSPS) is 35.2. The predicted molar refractivity (Wildman–Crippen MR) is 81.2 cm³/mol. The number of hydrogen-bond donors (Lipinski definition) is 1. The van der Waals surface area contributed by atoms with Crippen LogP contribution < -0.4 is 10.1 Å². The van der Waals surface area contributed by atoms with Gasteiger partial charge >= 0.3 is 0 Å². The van der Waals surface area contributed by atoms with Gasteiger partial charge in [0.1, 0.15) is 11.9 Å². The molecule has 1 fully saturated rings. The molecule has 1 aromatic rings. The van der Waals surface area contributed by atoms with E-state index in [0.29, 0.717) is 12.0 Å². The van der Waals surface area contributed by atoms with Gasteiger partial charge in [-0.05, 0) is 50.3 Å². The number of allylic oxidation sites excluding steroid dienone is 1. The molecular weight excluding hydrogens is 246 g/mol. The topological polar surface area (TPSA) is 21.3 Å². The van der Waals surface area contributed by atoms with Gasteiger partial charge in [0.2, 0.25) is 0 Å². The molecule has 2 aliphatic heterocycles. The molecule has 2 nitrogen and oxygen atoms in total. The van der Waals surface area contributed by atoms with E-state index in [1.165, 1.54) is 24.0 Å². The summed E-state index contributed by atoms with van der Waals surface area (Å²) in [4.78, 5) is 0. The Kier molecular flexibility index (Phi) is 2.71. The maximum Gasteiger partial charge on any atom is 0.124 e. The van der Waals surface area contributed by atoms with Crippen molar-refractivity contribution >= 4 is 0 Å². The average molecular weight is 269 g/mol. The molecule has 0 amide bonds. The average Bonchev–Trinajstić information content (AvgIpc) is 2.68. The van der Waals surface area contributed by atoms with Crippen molar-refractivity contribution in [2.75, 3.05) is 13.1 Å². The molecule has 0 radical (unpaired) electrons. The first-order valence-corrected chi connectivity index (χ1v) is 7.91. The summed E-state index contributed by atoms with van der Waals surface area (Å²) in [6.45, 7) is 6.80. The second-order valence-electron chi connectivity index (χ2n) is 6.62. The summed E-state index contributed by atoms with van der Waals surface area (Å²) >= 11 is 0. The number of nitrogens with one attached hydrogen (secondary N) is 1. The predicted octanol–water partition coefficient (Wildman–Crippen LogP) is 3.34. The van der Waals surface area contributed by atoms with Gasteiger partial charge in [-0.15, -0.1) is 0 Å². The van der Waals surface area contributed by atoms with Crippen molar-refractivity contribution in [3.63, 3.8) is 0 Å². The van der Waals surface area contributed by atoms with Crippen LogP contribution in [0.3, 0.4) is 0 Å². The fraction of sp³-hybridized carbons (Fsp3) is 0.556. The van der Waals surface area contributed by atoms with Crippen molar-refractivity contribution in [2.24, 2.45) is 5.92 Å². The lowest BCUT2D eigenvalue weighted by atomic mass is 9.62. The third-order valence-electron chi connectivity index (χ3n) is 5.49. The number of fused-ring (bicyclic) bond motifs is 1. The molecule has 1 saturated heterocycles. The molecule has 2 heterocycles. The van der Waals surface area contributed by atoms with Crippen LogP contribution in [0.2, 0.25) is 0 Å². The van der Waals surface area contributed by atoms with Crippen LogP contribution in [0.1, 0.15) is 37.3 Å². The molecule has 2 heteroatoms. The van der Waals surface area contributed by atoms with E-state index in [9.17, 15) is 0 Å². The fourth-order valence-corrected chi connectivity index (χ4v) is 4.72. The molecule has 4 rings (SSSR count). The summed E-state index contributed by atoms with van der Waals surface area (Å²) < 4.78 is 6.39. The second kappa shape index (κ2) is 4.36. The Morgan fingerprint density at radius 3 is 3.15 bits per heavy atom. The molecule has 0 bridgehead atoms. The van der Waals surface area contributed by atoms with Gasteiger partial charge in [0.25, 0.3) is 0 Å². The van der Waals surface area contributed by atoms with E-state index < -0.39 is 0 Å². The first-order chi connectivity index (χ1) is 9.73. The van der Waals surface area contributed by atoms with Crippen molar-refractivity contribution in [1.29, 1.82) is 0 Å². The quantitative estimate of drug-likeness (QED) is 0.729. The monoisotopic (exact) mass is 269 g/mol. The molecule has 1 aliphatic carbocycles. The zero-order chi connectivity index (χ0) is 13.7. The molecule has 0 saturated carbocycles. The number of aryl methyl sites for hydroxylation is 1. The van der Waals surface area contributed by atoms with Crippen molar-refractivity contribution in [3.05, 3.63) is 41.0 Å². The number of rotatable bonds is 0. The van der Waals surface area contributed by atoms with Gasteiger partial charge in [0.05, 0.1) is 5.41 Å². The Labute approximate surface area is 121 Å². The first-order valence-electron chi connectivity index (χ1n) is 7.91. The van der Waals surface area contributed by atoms with Crippen molar-refractivity contribution < 1.29 is 4.74 Å². The zero-order valence-electron chi connectivity index (χ0n) is 12.4. The Morgan fingerprint density at radius 1 is 1.35 bits per heavy atom. The van der Waals surface area contributed by atoms with Crippen LogP contribution in [-0.4, -0.2) is 19.2 Å². The number of ether oxygens (including phenoxy) is 1. The summed E-state index contributed by atoms with van der Waals surface area (Å²) in [6.07, 6.45) is 6.36. The van der Waals surface area contributed by atoms with Crippen LogP contribution in [0, 0.1) is 12.8 Å². The molecule has 0 aromatic heterocycles. The van der Waals surface area contributed by atoms with E-state index in [1.807, 2.05) is 0 Å². The summed E-state index contributed by atoms with van der Waals surface area (Å²) in [5.74, 6) is 1.74. The van der Waals surface area contributed by atoms with Crippen LogP contribution in [0.15, 0.2) is 29.8 Å². The van der Waals surface area contributed by atoms with E-state index >= 15 is 0 Å². The Hall–Kier alpha value is -1.28. The molecule has 3 aliphatic rings. The molecule has 20 heavy (non-hydrogen) atoms. The van der Waals surface area contributed by atoms with Gasteiger partial charge in [-0.2, -0.15) is 0 Å². The van der Waals surface area contributed by atoms with Crippen LogP contribution in [0.4, 0.5) is 0 Å². The molecule has 1 N–H and O–H groups in total. The van der Waals surface area contributed by atoms with E-state index in [0.717, 1.165) is 25.3 Å². The zero-order valence-corrected chi connectivity index (χ0v) is 12.4. The van der Waals surface area contributed by atoms with Gasteiger partial charge in [0, 0.05) is 12.1 Å². The van der Waals surface area contributed by atoms with E-state index in [1.54, 1.807) is 5.57 Å². The van der Waals surface area contributed by atoms with Gasteiger partial charge in [-0.25, -0.2) is 0 Å². The van der Waals surface area contributed by atoms with E-state index in [4.69, 9.17) is 4.74 Å². The van der Waals surface area contributed by atoms with Gasteiger partial charge in [-0.3, -0.25) is 0 Å². The van der Waals surface area contributed by atoms with Gasteiger partial charge < -0.3 is 10.1 Å². The van der Waals surface area contributed by atoms with Gasteiger partial charge in [-0.1, -0.05) is 30.7 Å².